The van der Waals surface area contributed by atoms with Crippen LogP contribution in [0, 0.1) is 0 Å². The molecule has 1 aromatic heterocycles. The first-order chi connectivity index (χ1) is 13.3. The number of fused-ring (bicyclic) bond motifs is 3. The Morgan fingerprint density at radius 1 is 1.00 bits per heavy atom. The van der Waals surface area contributed by atoms with Crippen molar-refractivity contribution in [2.45, 2.75) is 13.5 Å². The van der Waals surface area contributed by atoms with Gasteiger partial charge in [0.05, 0.1) is 17.7 Å². The summed E-state index contributed by atoms with van der Waals surface area (Å²) in [6, 6.07) is 21.6. The largest absolute Gasteiger partial charge is 0.377 e. The molecule has 0 aliphatic heterocycles. The highest BCUT2D eigenvalue weighted by atomic mass is 16.5. The van der Waals surface area contributed by atoms with Gasteiger partial charge in [-0.3, -0.25) is 9.78 Å². The number of benzene rings is 3. The lowest BCUT2D eigenvalue weighted by molar-refractivity contribution is 0.102. The number of carbonyl (C=O) groups excluding carboxylic acids is 1. The molecule has 4 nitrogen and oxygen atoms in total. The Labute approximate surface area is 157 Å². The van der Waals surface area contributed by atoms with Gasteiger partial charge in [-0.25, -0.2) is 0 Å². The van der Waals surface area contributed by atoms with Crippen LogP contribution in [0.15, 0.2) is 72.9 Å². The number of ether oxygens (including phenoxy) is 1. The number of anilines is 1. The van der Waals surface area contributed by atoms with Crippen LogP contribution in [0.5, 0.6) is 0 Å². The molecular formula is C23H20N2O2. The van der Waals surface area contributed by atoms with Gasteiger partial charge in [0.25, 0.3) is 5.91 Å². The molecule has 0 radical (unpaired) electrons. The van der Waals surface area contributed by atoms with E-state index in [0.717, 1.165) is 27.4 Å². The van der Waals surface area contributed by atoms with Crippen LogP contribution in [0.2, 0.25) is 0 Å². The summed E-state index contributed by atoms with van der Waals surface area (Å²) in [5, 5.41) is 6.09. The third-order valence-electron chi connectivity index (χ3n) is 4.52. The second-order valence-corrected chi connectivity index (χ2v) is 6.34. The average Bonchev–Trinajstić information content (AvgIpc) is 2.72. The van der Waals surface area contributed by atoms with Crippen molar-refractivity contribution in [2.24, 2.45) is 0 Å². The molecule has 4 rings (SSSR count). The zero-order chi connectivity index (χ0) is 18.6. The molecule has 0 atom stereocenters. The predicted octanol–water partition coefficient (Wildman–Crippen LogP) is 5.18. The van der Waals surface area contributed by atoms with Crippen molar-refractivity contribution in [2.75, 3.05) is 11.9 Å². The number of carbonyl (C=O) groups is 1. The van der Waals surface area contributed by atoms with Crippen molar-refractivity contribution in [3.63, 3.8) is 0 Å². The quantitative estimate of drug-likeness (QED) is 0.502. The molecule has 0 spiro atoms. The fraction of sp³-hybridized carbons (Fsp3) is 0.130. The van der Waals surface area contributed by atoms with Crippen LogP contribution in [0.25, 0.3) is 21.7 Å². The highest BCUT2D eigenvalue weighted by molar-refractivity contribution is 6.18. The SMILES string of the molecule is CCOCc1cccc(NC(=O)c2cc3ccccc3c3cccnc23)c1. The number of nitrogens with zero attached hydrogens (tertiary/aromatic N) is 1. The van der Waals surface area contributed by atoms with Gasteiger partial charge in [0.1, 0.15) is 0 Å². The van der Waals surface area contributed by atoms with Gasteiger partial charge in [-0.2, -0.15) is 0 Å². The smallest absolute Gasteiger partial charge is 0.257 e. The van der Waals surface area contributed by atoms with Gasteiger partial charge in [0.15, 0.2) is 0 Å². The minimum absolute atomic E-state index is 0.169. The molecule has 4 heteroatoms. The molecule has 27 heavy (non-hydrogen) atoms. The fourth-order valence-corrected chi connectivity index (χ4v) is 3.26. The Hall–Kier alpha value is -3.24. The molecular weight excluding hydrogens is 336 g/mol. The average molecular weight is 356 g/mol. The Morgan fingerprint density at radius 2 is 1.85 bits per heavy atom. The summed E-state index contributed by atoms with van der Waals surface area (Å²) in [7, 11) is 0. The number of aromatic nitrogens is 1. The highest BCUT2D eigenvalue weighted by Gasteiger charge is 2.14. The summed E-state index contributed by atoms with van der Waals surface area (Å²) in [5.41, 5.74) is 3.05. The zero-order valence-electron chi connectivity index (χ0n) is 15.1. The molecule has 0 fully saturated rings. The lowest BCUT2D eigenvalue weighted by Crippen LogP contribution is -2.13. The standard InChI is InChI=1S/C23H20N2O2/c1-2-27-15-16-7-5-9-18(13-16)25-23(26)21-14-17-8-3-4-10-19(17)20-11-6-12-24-22(20)21/h3-14H,2,15H2,1H3,(H,25,26). The molecule has 0 saturated carbocycles. The first-order valence-corrected chi connectivity index (χ1v) is 9.01. The van der Waals surface area contributed by atoms with E-state index < -0.39 is 0 Å². The Kier molecular flexibility index (Phi) is 4.81. The molecule has 1 heterocycles. The zero-order valence-corrected chi connectivity index (χ0v) is 15.1. The van der Waals surface area contributed by atoms with Crippen LogP contribution in [-0.4, -0.2) is 17.5 Å². The van der Waals surface area contributed by atoms with E-state index in [4.69, 9.17) is 4.74 Å². The third kappa shape index (κ3) is 3.52. The van der Waals surface area contributed by atoms with E-state index in [-0.39, 0.29) is 5.91 Å². The van der Waals surface area contributed by atoms with E-state index in [1.807, 2.05) is 67.6 Å². The van der Waals surface area contributed by atoms with Crippen LogP contribution in [0.1, 0.15) is 22.8 Å². The van der Waals surface area contributed by atoms with Crippen LogP contribution in [0.4, 0.5) is 5.69 Å². The summed E-state index contributed by atoms with van der Waals surface area (Å²) in [6.07, 6.45) is 1.72. The number of hydrogen-bond donors (Lipinski definition) is 1. The van der Waals surface area contributed by atoms with Crippen molar-refractivity contribution < 1.29 is 9.53 Å². The van der Waals surface area contributed by atoms with Crippen molar-refractivity contribution >= 4 is 33.3 Å². The maximum Gasteiger partial charge on any atom is 0.257 e. The predicted molar refractivity (Wildman–Crippen MR) is 109 cm³/mol. The number of amides is 1. The number of rotatable bonds is 5. The number of hydrogen-bond acceptors (Lipinski definition) is 3. The van der Waals surface area contributed by atoms with Gasteiger partial charge in [-0.1, -0.05) is 42.5 Å². The number of nitrogens with one attached hydrogen (secondary N) is 1. The van der Waals surface area contributed by atoms with E-state index in [1.165, 1.54) is 0 Å². The summed E-state index contributed by atoms with van der Waals surface area (Å²) in [6.45, 7) is 3.15. The molecule has 0 unspecified atom stereocenters. The molecule has 1 N–H and O–H groups in total. The molecule has 134 valence electrons. The first kappa shape index (κ1) is 17.2. The summed E-state index contributed by atoms with van der Waals surface area (Å²) < 4.78 is 5.45. The lowest BCUT2D eigenvalue weighted by Gasteiger charge is -2.11. The van der Waals surface area contributed by atoms with Gasteiger partial charge in [0, 0.05) is 23.9 Å². The van der Waals surface area contributed by atoms with Crippen LogP contribution in [0.3, 0.4) is 0 Å². The minimum Gasteiger partial charge on any atom is -0.377 e. The molecule has 0 aliphatic carbocycles. The monoisotopic (exact) mass is 356 g/mol. The normalized spacial score (nSPS) is 11.0. The lowest BCUT2D eigenvalue weighted by atomic mass is 10.0. The summed E-state index contributed by atoms with van der Waals surface area (Å²) in [5.74, 6) is -0.169. The maximum absolute atomic E-state index is 13.0. The minimum atomic E-state index is -0.169. The fourth-order valence-electron chi connectivity index (χ4n) is 3.26. The summed E-state index contributed by atoms with van der Waals surface area (Å²) >= 11 is 0. The second-order valence-electron chi connectivity index (χ2n) is 6.34. The molecule has 3 aromatic carbocycles. The molecule has 1 amide bonds. The van der Waals surface area contributed by atoms with Crippen LogP contribution >= 0.6 is 0 Å². The molecule has 0 saturated heterocycles. The Bertz CT molecular complexity index is 1120. The third-order valence-corrected chi connectivity index (χ3v) is 4.52. The van der Waals surface area contributed by atoms with Crippen molar-refractivity contribution in [1.82, 2.24) is 4.98 Å². The molecule has 4 aromatic rings. The van der Waals surface area contributed by atoms with Crippen LogP contribution in [-0.2, 0) is 11.3 Å². The van der Waals surface area contributed by atoms with Crippen molar-refractivity contribution in [3.8, 4) is 0 Å². The van der Waals surface area contributed by atoms with Gasteiger partial charge in [-0.15, -0.1) is 0 Å². The van der Waals surface area contributed by atoms with E-state index in [9.17, 15) is 4.79 Å². The van der Waals surface area contributed by atoms with Gasteiger partial charge in [-0.05, 0) is 47.5 Å². The summed E-state index contributed by atoms with van der Waals surface area (Å²) in [4.78, 5) is 17.5. The van der Waals surface area contributed by atoms with Gasteiger partial charge in [0.2, 0.25) is 0 Å². The topological polar surface area (TPSA) is 51.2 Å². The van der Waals surface area contributed by atoms with Gasteiger partial charge >= 0.3 is 0 Å². The number of pyridine rings is 1. The van der Waals surface area contributed by atoms with Crippen LogP contribution < -0.4 is 5.32 Å². The van der Waals surface area contributed by atoms with Crippen molar-refractivity contribution in [1.29, 1.82) is 0 Å². The van der Waals surface area contributed by atoms with Crippen molar-refractivity contribution in [3.05, 3.63) is 84.1 Å². The maximum atomic E-state index is 13.0. The molecule has 0 bridgehead atoms. The molecule has 0 aliphatic rings. The highest BCUT2D eigenvalue weighted by Crippen LogP contribution is 2.28. The Balaban J connectivity index is 1.72. The first-order valence-electron chi connectivity index (χ1n) is 9.01. The second kappa shape index (κ2) is 7.56. The van der Waals surface area contributed by atoms with E-state index in [1.54, 1.807) is 6.20 Å². The Morgan fingerprint density at radius 3 is 2.74 bits per heavy atom. The van der Waals surface area contributed by atoms with Gasteiger partial charge < -0.3 is 10.1 Å². The van der Waals surface area contributed by atoms with E-state index in [0.29, 0.717) is 24.3 Å². The van der Waals surface area contributed by atoms with E-state index >= 15 is 0 Å². The van der Waals surface area contributed by atoms with E-state index in [2.05, 4.69) is 16.4 Å².